The van der Waals surface area contributed by atoms with Gasteiger partial charge in [0.15, 0.2) is 5.16 Å². The van der Waals surface area contributed by atoms with Gasteiger partial charge in [-0.1, -0.05) is 19.1 Å². The smallest absolute Gasteiger partial charge is 0.340 e. The number of esters is 1. The number of aromatic nitrogens is 2. The van der Waals surface area contributed by atoms with Crippen LogP contribution in [0.4, 0.5) is 11.4 Å². The molecule has 1 aromatic heterocycles. The van der Waals surface area contributed by atoms with Crippen molar-refractivity contribution in [2.45, 2.75) is 32.3 Å². The first kappa shape index (κ1) is 25.9. The van der Waals surface area contributed by atoms with E-state index in [0.29, 0.717) is 23.0 Å². The van der Waals surface area contributed by atoms with Crippen molar-refractivity contribution in [3.8, 4) is 5.75 Å². The average Bonchev–Trinajstić information content (AvgIpc) is 3.10. The molecule has 37 heavy (non-hydrogen) atoms. The summed E-state index contributed by atoms with van der Waals surface area (Å²) in [6.07, 6.45) is 0.643. The minimum Gasteiger partial charge on any atom is -0.497 e. The van der Waals surface area contributed by atoms with E-state index in [1.54, 1.807) is 49.6 Å². The van der Waals surface area contributed by atoms with Crippen LogP contribution in [0.15, 0.2) is 70.4 Å². The van der Waals surface area contributed by atoms with E-state index in [1.165, 1.54) is 6.07 Å². The van der Waals surface area contributed by atoms with Crippen LogP contribution in [-0.2, 0) is 14.3 Å². The molecule has 0 radical (unpaired) electrons. The molecule has 0 spiro atoms. The zero-order chi connectivity index (χ0) is 26.5. The lowest BCUT2D eigenvalue weighted by Gasteiger charge is -2.18. The molecule has 3 aromatic rings. The predicted octanol–water partition coefficient (Wildman–Crippen LogP) is 4.66. The summed E-state index contributed by atoms with van der Waals surface area (Å²) in [6.45, 7) is 5.76. The SMILES string of the molecule is CCCOC(=O)c1ccccc1N1C(=O)C(Nc2ccc(OC)cc2)=C(Sc2nc(C)cc(C)n2)C1=O. The molecule has 0 atom stereocenters. The lowest BCUT2D eigenvalue weighted by Crippen LogP contribution is -2.33. The van der Waals surface area contributed by atoms with E-state index < -0.39 is 17.8 Å². The summed E-state index contributed by atoms with van der Waals surface area (Å²) in [4.78, 5) is 50.1. The molecular formula is C27H26N4O5S. The Morgan fingerprint density at radius 1 is 1.00 bits per heavy atom. The van der Waals surface area contributed by atoms with E-state index in [9.17, 15) is 14.4 Å². The predicted molar refractivity (Wildman–Crippen MR) is 141 cm³/mol. The van der Waals surface area contributed by atoms with Crippen LogP contribution < -0.4 is 15.0 Å². The summed E-state index contributed by atoms with van der Waals surface area (Å²) in [5.41, 5.74) is 2.37. The second-order valence-corrected chi connectivity index (χ2v) is 9.17. The van der Waals surface area contributed by atoms with Gasteiger partial charge in [0.1, 0.15) is 16.4 Å². The maximum atomic E-state index is 13.7. The van der Waals surface area contributed by atoms with Gasteiger partial charge in [0.25, 0.3) is 11.8 Å². The second-order valence-electron chi connectivity index (χ2n) is 8.19. The summed E-state index contributed by atoms with van der Waals surface area (Å²) in [6, 6.07) is 15.1. The molecule has 0 saturated carbocycles. The highest BCUT2D eigenvalue weighted by Crippen LogP contribution is 2.38. The summed E-state index contributed by atoms with van der Waals surface area (Å²) in [7, 11) is 1.56. The van der Waals surface area contributed by atoms with Gasteiger partial charge in [-0.05, 0) is 74.5 Å². The maximum absolute atomic E-state index is 13.7. The van der Waals surface area contributed by atoms with E-state index in [4.69, 9.17) is 9.47 Å². The topological polar surface area (TPSA) is 111 Å². The first-order valence-electron chi connectivity index (χ1n) is 11.6. The number of carbonyl (C=O) groups excluding carboxylic acids is 3. The quantitative estimate of drug-likeness (QED) is 0.246. The standard InChI is InChI=1S/C27H26N4O5S/c1-5-14-36-26(34)20-8-6-7-9-21(20)31-24(32)22(30-18-10-12-19(35-4)13-11-18)23(25(31)33)37-27-28-16(2)15-17(3)29-27/h6-13,15,30H,5,14H2,1-4H3. The molecule has 190 valence electrons. The van der Waals surface area contributed by atoms with Gasteiger partial charge >= 0.3 is 5.97 Å². The molecule has 0 unspecified atom stereocenters. The van der Waals surface area contributed by atoms with Crippen molar-refractivity contribution in [3.63, 3.8) is 0 Å². The third-order valence-electron chi connectivity index (χ3n) is 5.36. The average molecular weight is 519 g/mol. The van der Waals surface area contributed by atoms with Crippen molar-refractivity contribution in [2.24, 2.45) is 0 Å². The van der Waals surface area contributed by atoms with Crippen LogP contribution in [0.25, 0.3) is 0 Å². The molecule has 2 amide bonds. The van der Waals surface area contributed by atoms with Crippen LogP contribution in [0.1, 0.15) is 35.1 Å². The Hall–Kier alpha value is -4.18. The lowest BCUT2D eigenvalue weighted by molar-refractivity contribution is -0.120. The summed E-state index contributed by atoms with van der Waals surface area (Å²) >= 11 is 0.995. The minimum absolute atomic E-state index is 0.0552. The Morgan fingerprint density at radius 3 is 2.32 bits per heavy atom. The monoisotopic (exact) mass is 518 g/mol. The number of thioether (sulfide) groups is 1. The van der Waals surface area contributed by atoms with Gasteiger partial charge in [-0.3, -0.25) is 9.59 Å². The molecule has 0 fully saturated rings. The van der Waals surface area contributed by atoms with Crippen LogP contribution in [0.5, 0.6) is 5.75 Å². The summed E-state index contributed by atoms with van der Waals surface area (Å²) in [5, 5.41) is 3.41. The van der Waals surface area contributed by atoms with Crippen molar-refractivity contribution in [1.29, 1.82) is 0 Å². The van der Waals surface area contributed by atoms with Crippen LogP contribution in [0.2, 0.25) is 0 Å². The fourth-order valence-electron chi connectivity index (χ4n) is 3.70. The third kappa shape index (κ3) is 5.64. The highest BCUT2D eigenvalue weighted by atomic mass is 32.2. The van der Waals surface area contributed by atoms with Gasteiger partial charge in [-0.15, -0.1) is 0 Å². The van der Waals surface area contributed by atoms with Gasteiger partial charge < -0.3 is 14.8 Å². The van der Waals surface area contributed by atoms with Crippen LogP contribution in [-0.4, -0.2) is 41.5 Å². The Balaban J connectivity index is 1.76. The van der Waals surface area contributed by atoms with Crippen molar-refractivity contribution in [2.75, 3.05) is 23.9 Å². The molecule has 0 aliphatic carbocycles. The van der Waals surface area contributed by atoms with Crippen molar-refractivity contribution in [3.05, 3.63) is 82.2 Å². The number of ether oxygens (including phenoxy) is 2. The Labute approximate surface area is 218 Å². The molecule has 2 heterocycles. The van der Waals surface area contributed by atoms with Gasteiger partial charge in [-0.25, -0.2) is 19.7 Å². The molecule has 1 aliphatic rings. The zero-order valence-electron chi connectivity index (χ0n) is 20.9. The van der Waals surface area contributed by atoms with Crippen LogP contribution in [0.3, 0.4) is 0 Å². The van der Waals surface area contributed by atoms with Gasteiger partial charge in [0, 0.05) is 17.1 Å². The number of hydrogen-bond donors (Lipinski definition) is 1. The normalized spacial score (nSPS) is 13.2. The minimum atomic E-state index is -0.610. The highest BCUT2D eigenvalue weighted by Gasteiger charge is 2.42. The van der Waals surface area contributed by atoms with E-state index >= 15 is 0 Å². The van der Waals surface area contributed by atoms with Gasteiger partial charge in [0.2, 0.25) is 0 Å². The Morgan fingerprint density at radius 2 is 1.68 bits per heavy atom. The fraction of sp³-hybridized carbons (Fsp3) is 0.222. The Kier molecular flexibility index (Phi) is 7.88. The number of hydrogen-bond acceptors (Lipinski definition) is 9. The fourth-order valence-corrected chi connectivity index (χ4v) is 4.68. The Bertz CT molecular complexity index is 1370. The van der Waals surface area contributed by atoms with E-state index in [1.807, 2.05) is 26.8 Å². The number of benzene rings is 2. The zero-order valence-corrected chi connectivity index (χ0v) is 21.7. The largest absolute Gasteiger partial charge is 0.497 e. The van der Waals surface area contributed by atoms with E-state index in [2.05, 4.69) is 15.3 Å². The molecule has 1 N–H and O–H groups in total. The maximum Gasteiger partial charge on any atom is 0.340 e. The first-order chi connectivity index (χ1) is 17.8. The number of rotatable bonds is 9. The first-order valence-corrected chi connectivity index (χ1v) is 12.4. The van der Waals surface area contributed by atoms with E-state index in [0.717, 1.165) is 28.0 Å². The number of nitrogens with zero attached hydrogens (tertiary/aromatic N) is 3. The number of aryl methyl sites for hydroxylation is 2. The number of amides is 2. The molecule has 0 saturated heterocycles. The molecule has 9 nitrogen and oxygen atoms in total. The van der Waals surface area contributed by atoms with Gasteiger partial charge in [0.05, 0.1) is 25.0 Å². The molecule has 2 aromatic carbocycles. The van der Waals surface area contributed by atoms with Crippen LogP contribution >= 0.6 is 11.8 Å². The van der Waals surface area contributed by atoms with Crippen LogP contribution in [0, 0.1) is 13.8 Å². The number of methoxy groups -OCH3 is 1. The molecular weight excluding hydrogens is 492 g/mol. The van der Waals surface area contributed by atoms with Crippen molar-refractivity contribution < 1.29 is 23.9 Å². The highest BCUT2D eigenvalue weighted by molar-refractivity contribution is 8.04. The molecule has 0 bridgehead atoms. The summed E-state index contributed by atoms with van der Waals surface area (Å²) < 4.78 is 10.5. The number of carbonyl (C=O) groups is 3. The number of nitrogens with one attached hydrogen (secondary N) is 1. The summed E-state index contributed by atoms with van der Waals surface area (Å²) in [5.74, 6) is -1.16. The lowest BCUT2D eigenvalue weighted by atomic mass is 10.1. The molecule has 4 rings (SSSR count). The van der Waals surface area contributed by atoms with Crippen molar-refractivity contribution >= 4 is 40.9 Å². The molecule has 10 heteroatoms. The van der Waals surface area contributed by atoms with Gasteiger partial charge in [-0.2, -0.15) is 0 Å². The number of para-hydroxylation sites is 1. The molecule has 1 aliphatic heterocycles. The number of anilines is 2. The second kappa shape index (κ2) is 11.3. The third-order valence-corrected chi connectivity index (χ3v) is 6.31. The van der Waals surface area contributed by atoms with E-state index in [-0.39, 0.29) is 28.5 Å². The van der Waals surface area contributed by atoms with Crippen molar-refractivity contribution in [1.82, 2.24) is 9.97 Å². The number of imide groups is 1.